The van der Waals surface area contributed by atoms with Crippen molar-refractivity contribution in [2.45, 2.75) is 19.4 Å². The highest BCUT2D eigenvalue weighted by Gasteiger charge is 2.14. The summed E-state index contributed by atoms with van der Waals surface area (Å²) in [5, 5.41) is 0. The summed E-state index contributed by atoms with van der Waals surface area (Å²) in [6, 6.07) is 4.01. The van der Waals surface area contributed by atoms with Gasteiger partial charge in [-0.3, -0.25) is 0 Å². The van der Waals surface area contributed by atoms with E-state index in [0.717, 1.165) is 27.1 Å². The number of hydrogen-bond donors (Lipinski definition) is 1. The van der Waals surface area contributed by atoms with Crippen molar-refractivity contribution in [2.24, 2.45) is 5.73 Å². The smallest absolute Gasteiger partial charge is 0.139 e. The lowest BCUT2D eigenvalue weighted by Crippen LogP contribution is -2.19. The highest BCUT2D eigenvalue weighted by atomic mass is 127. The third-order valence-electron chi connectivity index (χ3n) is 2.12. The number of nitrogens with two attached hydrogens (primary N) is 1. The van der Waals surface area contributed by atoms with Crippen molar-refractivity contribution < 1.29 is 9.47 Å². The first-order valence-corrected chi connectivity index (χ1v) is 5.83. The van der Waals surface area contributed by atoms with Crippen LogP contribution < -0.4 is 15.2 Å². The van der Waals surface area contributed by atoms with Crippen molar-refractivity contribution in [1.29, 1.82) is 0 Å². The van der Waals surface area contributed by atoms with Crippen LogP contribution in [0, 0.1) is 3.57 Å². The number of hydrogen-bond acceptors (Lipinski definition) is 3. The summed E-state index contributed by atoms with van der Waals surface area (Å²) in [4.78, 5) is 0. The van der Waals surface area contributed by atoms with Crippen molar-refractivity contribution in [3.63, 3.8) is 0 Å². The first-order chi connectivity index (χ1) is 7.10. The molecule has 0 aliphatic heterocycles. The van der Waals surface area contributed by atoms with Crippen molar-refractivity contribution in [1.82, 2.24) is 0 Å². The summed E-state index contributed by atoms with van der Waals surface area (Å²) < 4.78 is 11.8. The summed E-state index contributed by atoms with van der Waals surface area (Å²) in [5.74, 6) is 1.71. The van der Waals surface area contributed by atoms with Gasteiger partial charge in [0.25, 0.3) is 0 Å². The Morgan fingerprint density at radius 3 is 2.47 bits per heavy atom. The largest absolute Gasteiger partial charge is 0.496 e. The quantitative estimate of drug-likeness (QED) is 0.865. The molecule has 1 atom stereocenters. The molecule has 0 aliphatic rings. The molecule has 0 saturated heterocycles. The molecule has 0 aromatic heterocycles. The van der Waals surface area contributed by atoms with Gasteiger partial charge in [0.2, 0.25) is 0 Å². The number of benzene rings is 1. The Bertz CT molecular complexity index is 340. The highest BCUT2D eigenvalue weighted by molar-refractivity contribution is 14.1. The van der Waals surface area contributed by atoms with Crippen molar-refractivity contribution in [2.75, 3.05) is 14.2 Å². The predicted octanol–water partition coefficient (Wildman–Crippen LogP) is 2.20. The zero-order valence-corrected chi connectivity index (χ0v) is 11.4. The molecule has 1 aromatic rings. The van der Waals surface area contributed by atoms with Crippen LogP contribution >= 0.6 is 22.6 Å². The molecule has 84 valence electrons. The monoisotopic (exact) mass is 321 g/mol. The highest BCUT2D eigenvalue weighted by Crippen LogP contribution is 2.33. The number of ether oxygens (including phenoxy) is 2. The maximum Gasteiger partial charge on any atom is 0.139 e. The molecule has 0 amide bonds. The van der Waals surface area contributed by atoms with Gasteiger partial charge < -0.3 is 15.2 Å². The SMILES string of the molecule is COc1ccc(I)c(OC)c1C[C@@H](C)N. The van der Waals surface area contributed by atoms with E-state index >= 15 is 0 Å². The minimum absolute atomic E-state index is 0.0889. The molecule has 0 saturated carbocycles. The van der Waals surface area contributed by atoms with Gasteiger partial charge in [0.05, 0.1) is 17.8 Å². The Hall–Kier alpha value is -0.490. The molecule has 4 heteroatoms. The van der Waals surface area contributed by atoms with Crippen LogP contribution in [0.3, 0.4) is 0 Å². The van der Waals surface area contributed by atoms with E-state index in [9.17, 15) is 0 Å². The van der Waals surface area contributed by atoms with Gasteiger partial charge in [0.15, 0.2) is 0 Å². The van der Waals surface area contributed by atoms with Gasteiger partial charge in [-0.15, -0.1) is 0 Å². The van der Waals surface area contributed by atoms with E-state index in [0.29, 0.717) is 0 Å². The number of rotatable bonds is 4. The van der Waals surface area contributed by atoms with Gasteiger partial charge >= 0.3 is 0 Å². The third kappa shape index (κ3) is 2.98. The molecule has 0 radical (unpaired) electrons. The molecule has 0 aliphatic carbocycles. The zero-order valence-electron chi connectivity index (χ0n) is 9.21. The molecule has 15 heavy (non-hydrogen) atoms. The summed E-state index contributed by atoms with van der Waals surface area (Å²) in [7, 11) is 3.33. The van der Waals surface area contributed by atoms with Crippen LogP contribution in [0.5, 0.6) is 11.5 Å². The summed E-state index contributed by atoms with van der Waals surface area (Å²) >= 11 is 2.24. The fourth-order valence-electron chi connectivity index (χ4n) is 1.51. The van der Waals surface area contributed by atoms with Gasteiger partial charge in [-0.1, -0.05) is 0 Å². The van der Waals surface area contributed by atoms with E-state index in [1.54, 1.807) is 14.2 Å². The van der Waals surface area contributed by atoms with E-state index in [-0.39, 0.29) is 6.04 Å². The van der Waals surface area contributed by atoms with Crippen LogP contribution in [0.2, 0.25) is 0 Å². The van der Waals surface area contributed by atoms with Crippen molar-refractivity contribution in [3.8, 4) is 11.5 Å². The van der Waals surface area contributed by atoms with E-state index < -0.39 is 0 Å². The Morgan fingerprint density at radius 1 is 1.33 bits per heavy atom. The van der Waals surface area contributed by atoms with Crippen LogP contribution in [-0.4, -0.2) is 20.3 Å². The Morgan fingerprint density at radius 2 is 2.00 bits per heavy atom. The number of halogens is 1. The van der Waals surface area contributed by atoms with E-state index in [1.165, 1.54) is 0 Å². The van der Waals surface area contributed by atoms with Gasteiger partial charge in [-0.05, 0) is 48.1 Å². The van der Waals surface area contributed by atoms with Gasteiger partial charge in [0, 0.05) is 11.6 Å². The summed E-state index contributed by atoms with van der Waals surface area (Å²) in [5.41, 5.74) is 6.85. The van der Waals surface area contributed by atoms with Gasteiger partial charge in [0.1, 0.15) is 11.5 Å². The average Bonchev–Trinajstić information content (AvgIpc) is 2.18. The molecule has 3 nitrogen and oxygen atoms in total. The lowest BCUT2D eigenvalue weighted by atomic mass is 10.1. The summed E-state index contributed by atoms with van der Waals surface area (Å²) in [6.07, 6.45) is 0.753. The predicted molar refractivity (Wildman–Crippen MR) is 69.6 cm³/mol. The van der Waals surface area contributed by atoms with Crippen molar-refractivity contribution >= 4 is 22.6 Å². The van der Waals surface area contributed by atoms with Gasteiger partial charge in [-0.2, -0.15) is 0 Å². The maximum atomic E-state index is 5.81. The van der Waals surface area contributed by atoms with Crippen LogP contribution in [0.1, 0.15) is 12.5 Å². The molecule has 0 spiro atoms. The van der Waals surface area contributed by atoms with E-state index in [2.05, 4.69) is 22.6 Å². The second-order valence-electron chi connectivity index (χ2n) is 3.44. The molecule has 1 aromatic carbocycles. The number of methoxy groups -OCH3 is 2. The minimum atomic E-state index is 0.0889. The standard InChI is InChI=1S/C11H16INO2/c1-7(13)6-8-10(14-2)5-4-9(12)11(8)15-3/h4-5,7H,6,13H2,1-3H3/t7-/m1/s1. The average molecular weight is 321 g/mol. The van der Waals surface area contributed by atoms with Crippen LogP contribution in [0.25, 0.3) is 0 Å². The molecule has 0 fully saturated rings. The Balaban J connectivity index is 3.21. The molecule has 0 heterocycles. The first kappa shape index (κ1) is 12.6. The second-order valence-corrected chi connectivity index (χ2v) is 4.61. The topological polar surface area (TPSA) is 44.5 Å². The van der Waals surface area contributed by atoms with E-state index in [4.69, 9.17) is 15.2 Å². The normalized spacial score (nSPS) is 12.3. The lowest BCUT2D eigenvalue weighted by Gasteiger charge is -2.16. The van der Waals surface area contributed by atoms with Crippen LogP contribution in [0.15, 0.2) is 12.1 Å². The van der Waals surface area contributed by atoms with Crippen molar-refractivity contribution in [3.05, 3.63) is 21.3 Å². The second kappa shape index (κ2) is 5.55. The molecule has 0 bridgehead atoms. The lowest BCUT2D eigenvalue weighted by molar-refractivity contribution is 0.381. The molecule has 2 N–H and O–H groups in total. The molecular weight excluding hydrogens is 305 g/mol. The first-order valence-electron chi connectivity index (χ1n) is 4.75. The minimum Gasteiger partial charge on any atom is -0.496 e. The van der Waals surface area contributed by atoms with Gasteiger partial charge in [-0.25, -0.2) is 0 Å². The van der Waals surface area contributed by atoms with Crippen LogP contribution in [-0.2, 0) is 6.42 Å². The zero-order chi connectivity index (χ0) is 11.4. The molecular formula is C11H16INO2. The Labute approximate surface area is 104 Å². The molecule has 1 rings (SSSR count). The maximum absolute atomic E-state index is 5.81. The fraction of sp³-hybridized carbons (Fsp3) is 0.455. The van der Waals surface area contributed by atoms with Crippen LogP contribution in [0.4, 0.5) is 0 Å². The van der Waals surface area contributed by atoms with E-state index in [1.807, 2.05) is 19.1 Å². The molecule has 0 unspecified atom stereocenters. The fourth-order valence-corrected chi connectivity index (χ4v) is 2.23. The third-order valence-corrected chi connectivity index (χ3v) is 2.97. The summed E-state index contributed by atoms with van der Waals surface area (Å²) in [6.45, 7) is 1.97. The Kier molecular flexibility index (Phi) is 4.66.